The van der Waals surface area contributed by atoms with Crippen LogP contribution < -0.4 is 5.32 Å². The van der Waals surface area contributed by atoms with Crippen molar-refractivity contribution in [2.24, 2.45) is 0 Å². The first kappa shape index (κ1) is 27.4. The van der Waals surface area contributed by atoms with Crippen LogP contribution in [0.2, 0.25) is 10.0 Å². The Morgan fingerprint density at radius 1 is 1.14 bits per heavy atom. The first-order chi connectivity index (χ1) is 17.6. The molecule has 1 heterocycles. The Morgan fingerprint density at radius 3 is 2.51 bits per heavy atom. The lowest BCUT2D eigenvalue weighted by molar-refractivity contribution is -0.141. The molecular weight excluding hydrogens is 537 g/mol. The number of nitrogens with zero attached hydrogens (tertiary/aromatic N) is 2. The lowest BCUT2D eigenvalue weighted by Gasteiger charge is -2.30. The first-order valence-electron chi connectivity index (χ1n) is 12.3. The van der Waals surface area contributed by atoms with Gasteiger partial charge in [-0.25, -0.2) is 12.7 Å². The highest BCUT2D eigenvalue weighted by molar-refractivity contribution is 7.90. The summed E-state index contributed by atoms with van der Waals surface area (Å²) in [6.45, 7) is 1.61. The van der Waals surface area contributed by atoms with Gasteiger partial charge in [-0.1, -0.05) is 54.2 Å². The van der Waals surface area contributed by atoms with E-state index in [0.29, 0.717) is 15.6 Å². The SMILES string of the molecule is C[C@H](C(=O)NC1CCCC1)N(Cc1ccc(Cl)cc1Cl)C(=O)CCCN1C(=O)c2ccccc2S1(=O)=O. The molecule has 2 aliphatic rings. The third-order valence-corrected chi connectivity index (χ3v) is 9.32. The Hall–Kier alpha value is -2.62. The van der Waals surface area contributed by atoms with Gasteiger partial charge in [-0.2, -0.15) is 0 Å². The summed E-state index contributed by atoms with van der Waals surface area (Å²) in [5.41, 5.74) is 0.762. The van der Waals surface area contributed by atoms with Crippen LogP contribution in [-0.2, 0) is 26.2 Å². The molecule has 11 heteroatoms. The number of fused-ring (bicyclic) bond motifs is 1. The normalized spacial score (nSPS) is 17.5. The Labute approximate surface area is 227 Å². The molecule has 4 rings (SSSR count). The van der Waals surface area contributed by atoms with E-state index in [1.54, 1.807) is 37.3 Å². The third-order valence-electron chi connectivity index (χ3n) is 6.89. The van der Waals surface area contributed by atoms with Crippen LogP contribution in [0.15, 0.2) is 47.4 Å². The molecule has 8 nitrogen and oxygen atoms in total. The van der Waals surface area contributed by atoms with Gasteiger partial charge in [-0.05, 0) is 56.0 Å². The average Bonchev–Trinajstić information content (AvgIpc) is 3.44. The topological polar surface area (TPSA) is 104 Å². The van der Waals surface area contributed by atoms with Crippen LogP contribution >= 0.6 is 23.2 Å². The van der Waals surface area contributed by atoms with Crippen molar-refractivity contribution in [2.45, 2.75) is 69.0 Å². The van der Waals surface area contributed by atoms with E-state index in [1.807, 2.05) is 0 Å². The molecule has 0 saturated heterocycles. The summed E-state index contributed by atoms with van der Waals surface area (Å²) in [6.07, 6.45) is 4.00. The molecule has 0 spiro atoms. The zero-order valence-electron chi connectivity index (χ0n) is 20.5. The maximum atomic E-state index is 13.4. The third kappa shape index (κ3) is 5.94. The number of nitrogens with one attached hydrogen (secondary N) is 1. The van der Waals surface area contributed by atoms with E-state index in [4.69, 9.17) is 23.2 Å². The summed E-state index contributed by atoms with van der Waals surface area (Å²) in [4.78, 5) is 40.5. The van der Waals surface area contributed by atoms with E-state index >= 15 is 0 Å². The van der Waals surface area contributed by atoms with Crippen LogP contribution in [0.5, 0.6) is 0 Å². The van der Waals surface area contributed by atoms with E-state index in [1.165, 1.54) is 17.0 Å². The van der Waals surface area contributed by atoms with E-state index in [-0.39, 0.29) is 54.2 Å². The lowest BCUT2D eigenvalue weighted by Crippen LogP contribution is -2.49. The predicted molar refractivity (Wildman–Crippen MR) is 141 cm³/mol. The molecule has 0 unspecified atom stereocenters. The summed E-state index contributed by atoms with van der Waals surface area (Å²) in [7, 11) is -3.95. The quantitative estimate of drug-likeness (QED) is 0.485. The molecular formula is C26H29Cl2N3O5S. The number of carbonyl (C=O) groups excluding carboxylic acids is 3. The highest BCUT2D eigenvalue weighted by Crippen LogP contribution is 2.30. The van der Waals surface area contributed by atoms with Crippen molar-refractivity contribution in [3.05, 3.63) is 63.6 Å². The van der Waals surface area contributed by atoms with Crippen molar-refractivity contribution in [3.8, 4) is 0 Å². The molecule has 1 fully saturated rings. The Kier molecular flexibility index (Phi) is 8.46. The predicted octanol–water partition coefficient (Wildman–Crippen LogP) is 4.39. The van der Waals surface area contributed by atoms with Gasteiger partial charge in [0.1, 0.15) is 10.9 Å². The number of sulfonamides is 1. The number of benzene rings is 2. The molecule has 1 N–H and O–H groups in total. The summed E-state index contributed by atoms with van der Waals surface area (Å²) >= 11 is 12.4. The summed E-state index contributed by atoms with van der Waals surface area (Å²) in [6, 6.07) is 10.3. The number of carbonyl (C=O) groups is 3. The van der Waals surface area contributed by atoms with Gasteiger partial charge >= 0.3 is 0 Å². The lowest BCUT2D eigenvalue weighted by atomic mass is 10.1. The van der Waals surface area contributed by atoms with Crippen LogP contribution in [-0.4, -0.2) is 54.0 Å². The molecule has 2 aromatic rings. The molecule has 0 bridgehead atoms. The number of hydrogen-bond acceptors (Lipinski definition) is 5. The maximum absolute atomic E-state index is 13.4. The molecule has 1 aliphatic carbocycles. The van der Waals surface area contributed by atoms with E-state index in [9.17, 15) is 22.8 Å². The van der Waals surface area contributed by atoms with Gasteiger partial charge in [0.05, 0.1) is 5.56 Å². The zero-order valence-corrected chi connectivity index (χ0v) is 22.8. The van der Waals surface area contributed by atoms with Gasteiger partial charge in [-0.3, -0.25) is 14.4 Å². The van der Waals surface area contributed by atoms with Crippen molar-refractivity contribution in [3.63, 3.8) is 0 Å². The first-order valence-corrected chi connectivity index (χ1v) is 14.5. The molecule has 2 aromatic carbocycles. The number of hydrogen-bond donors (Lipinski definition) is 1. The minimum atomic E-state index is -3.95. The summed E-state index contributed by atoms with van der Waals surface area (Å²) < 4.78 is 26.4. The highest BCUT2D eigenvalue weighted by atomic mass is 35.5. The zero-order chi connectivity index (χ0) is 26.7. The highest BCUT2D eigenvalue weighted by Gasteiger charge is 2.40. The molecule has 1 aliphatic heterocycles. The Bertz CT molecular complexity index is 1310. The largest absolute Gasteiger partial charge is 0.352 e. The van der Waals surface area contributed by atoms with Gasteiger partial charge in [0.2, 0.25) is 11.8 Å². The van der Waals surface area contributed by atoms with Gasteiger partial charge in [0.25, 0.3) is 15.9 Å². The molecule has 0 radical (unpaired) electrons. The molecule has 37 heavy (non-hydrogen) atoms. The number of halogens is 2. The van der Waals surface area contributed by atoms with Gasteiger partial charge in [0, 0.05) is 35.6 Å². The Balaban J connectivity index is 1.46. The average molecular weight is 567 g/mol. The van der Waals surface area contributed by atoms with Gasteiger partial charge < -0.3 is 10.2 Å². The van der Waals surface area contributed by atoms with Crippen LogP contribution in [0.3, 0.4) is 0 Å². The minimum absolute atomic E-state index is 0.0254. The monoisotopic (exact) mass is 565 g/mol. The van der Waals surface area contributed by atoms with Crippen molar-refractivity contribution in [1.82, 2.24) is 14.5 Å². The van der Waals surface area contributed by atoms with Crippen molar-refractivity contribution < 1.29 is 22.8 Å². The van der Waals surface area contributed by atoms with Crippen LogP contribution in [0.4, 0.5) is 0 Å². The fourth-order valence-corrected chi connectivity index (χ4v) is 6.85. The summed E-state index contributed by atoms with van der Waals surface area (Å²) in [5, 5.41) is 3.86. The molecule has 1 saturated carbocycles. The smallest absolute Gasteiger partial charge is 0.269 e. The number of amides is 3. The van der Waals surface area contributed by atoms with E-state index in [0.717, 1.165) is 30.0 Å². The second-order valence-electron chi connectivity index (χ2n) is 9.41. The van der Waals surface area contributed by atoms with Crippen molar-refractivity contribution in [2.75, 3.05) is 6.54 Å². The van der Waals surface area contributed by atoms with Crippen LogP contribution in [0.1, 0.15) is 61.4 Å². The minimum Gasteiger partial charge on any atom is -0.352 e. The fourth-order valence-electron chi connectivity index (χ4n) is 4.78. The Morgan fingerprint density at radius 2 is 1.84 bits per heavy atom. The fraction of sp³-hybridized carbons (Fsp3) is 0.423. The number of rotatable bonds is 9. The maximum Gasteiger partial charge on any atom is 0.269 e. The van der Waals surface area contributed by atoms with Crippen LogP contribution in [0.25, 0.3) is 0 Å². The van der Waals surface area contributed by atoms with Crippen molar-refractivity contribution in [1.29, 1.82) is 0 Å². The molecule has 1 atom stereocenters. The van der Waals surface area contributed by atoms with Gasteiger partial charge in [-0.15, -0.1) is 0 Å². The van der Waals surface area contributed by atoms with Crippen molar-refractivity contribution >= 4 is 50.9 Å². The van der Waals surface area contributed by atoms with E-state index in [2.05, 4.69) is 5.32 Å². The molecule has 198 valence electrons. The van der Waals surface area contributed by atoms with E-state index < -0.39 is 22.0 Å². The second kappa shape index (κ2) is 11.4. The molecule has 0 aromatic heterocycles. The van der Waals surface area contributed by atoms with Crippen LogP contribution in [0, 0.1) is 0 Å². The standard InChI is InChI=1S/C26H29Cl2N3O5S/c1-17(25(33)29-20-7-2-3-8-20)30(16-18-12-13-19(27)15-22(18)28)24(32)11-6-14-31-26(34)21-9-4-5-10-23(21)37(31,35)36/h4-5,9-10,12-13,15,17,20H,2-3,6-8,11,14,16H2,1H3,(H,29,33)/t17-/m1/s1. The second-order valence-corrected chi connectivity index (χ2v) is 12.1. The molecule has 3 amide bonds. The van der Waals surface area contributed by atoms with Gasteiger partial charge in [0.15, 0.2) is 0 Å². The summed E-state index contributed by atoms with van der Waals surface area (Å²) in [5.74, 6) is -1.20.